The van der Waals surface area contributed by atoms with Crippen LogP contribution in [0.1, 0.15) is 136 Å². The zero-order valence-electron chi connectivity index (χ0n) is 21.4. The van der Waals surface area contributed by atoms with Crippen molar-refractivity contribution in [1.29, 1.82) is 0 Å². The van der Waals surface area contributed by atoms with Gasteiger partial charge in [-0.25, -0.2) is 0 Å². The van der Waals surface area contributed by atoms with E-state index >= 15 is 0 Å². The Kier molecular flexibility index (Phi) is 19.4. The molecule has 0 bridgehead atoms. The van der Waals surface area contributed by atoms with Gasteiger partial charge in [0.15, 0.2) is 0 Å². The van der Waals surface area contributed by atoms with E-state index < -0.39 is 0 Å². The fourth-order valence-electron chi connectivity index (χ4n) is 5.08. The highest BCUT2D eigenvalue weighted by Crippen LogP contribution is 2.21. The summed E-state index contributed by atoms with van der Waals surface area (Å²) in [4.78, 5) is 5.54. The second-order valence-corrected chi connectivity index (χ2v) is 10.2. The van der Waals surface area contributed by atoms with Crippen molar-refractivity contribution in [2.45, 2.75) is 136 Å². The third-order valence-corrected chi connectivity index (χ3v) is 7.24. The zero-order valence-corrected chi connectivity index (χ0v) is 21.4. The molecule has 0 radical (unpaired) electrons. The second-order valence-electron chi connectivity index (χ2n) is 10.2. The van der Waals surface area contributed by atoms with Crippen LogP contribution in [0, 0.1) is 5.92 Å². The minimum atomic E-state index is 0.957. The van der Waals surface area contributed by atoms with Crippen LogP contribution in [0.25, 0.3) is 0 Å². The maximum atomic E-state index is 2.80. The molecule has 1 saturated heterocycles. The van der Waals surface area contributed by atoms with Gasteiger partial charge in [0, 0.05) is 32.7 Å². The summed E-state index contributed by atoms with van der Waals surface area (Å²) in [5.74, 6) is 0.957. The highest BCUT2D eigenvalue weighted by atomic mass is 15.3. The van der Waals surface area contributed by atoms with E-state index in [1.54, 1.807) is 0 Å². The summed E-state index contributed by atoms with van der Waals surface area (Å²) in [7, 11) is 0. The summed E-state index contributed by atoms with van der Waals surface area (Å²) >= 11 is 0. The maximum Gasteiger partial charge on any atom is 0.0110 e. The molecule has 1 atom stereocenters. The monoisotopic (exact) mass is 422 g/mol. The lowest BCUT2D eigenvalue weighted by Crippen LogP contribution is -2.47. The van der Waals surface area contributed by atoms with Gasteiger partial charge in [-0.15, -0.1) is 0 Å². The number of hydrogen-bond acceptors (Lipinski definition) is 2. The third kappa shape index (κ3) is 15.7. The quantitative estimate of drug-likeness (QED) is 0.172. The lowest BCUT2D eigenvalue weighted by atomic mass is 9.93. The first-order chi connectivity index (χ1) is 14.8. The highest BCUT2D eigenvalue weighted by Gasteiger charge is 2.19. The molecule has 1 aliphatic heterocycles. The molecular formula is C28H58N2. The van der Waals surface area contributed by atoms with E-state index in [4.69, 9.17) is 0 Å². The van der Waals surface area contributed by atoms with Gasteiger partial charge in [0.25, 0.3) is 0 Å². The molecule has 0 N–H and O–H groups in total. The van der Waals surface area contributed by atoms with Gasteiger partial charge in [-0.1, -0.05) is 117 Å². The number of nitrogens with zero attached hydrogens (tertiary/aromatic N) is 2. The summed E-state index contributed by atoms with van der Waals surface area (Å²) in [6.45, 7) is 14.9. The van der Waals surface area contributed by atoms with Crippen molar-refractivity contribution in [3.63, 3.8) is 0 Å². The van der Waals surface area contributed by atoms with Crippen molar-refractivity contribution in [3.8, 4) is 0 Å². The van der Waals surface area contributed by atoms with Crippen molar-refractivity contribution in [2.24, 2.45) is 5.92 Å². The van der Waals surface area contributed by atoms with E-state index in [1.165, 1.54) is 155 Å². The average molecular weight is 423 g/mol. The van der Waals surface area contributed by atoms with Crippen LogP contribution in [-0.4, -0.2) is 49.1 Å². The summed E-state index contributed by atoms with van der Waals surface area (Å²) < 4.78 is 0. The summed E-state index contributed by atoms with van der Waals surface area (Å²) in [5, 5.41) is 0. The smallest absolute Gasteiger partial charge is 0.0110 e. The fraction of sp³-hybridized carbons (Fsp3) is 1.00. The predicted molar refractivity (Wildman–Crippen MR) is 136 cm³/mol. The summed E-state index contributed by atoms with van der Waals surface area (Å²) in [6.07, 6.45) is 25.9. The van der Waals surface area contributed by atoms with Crippen LogP contribution in [0.15, 0.2) is 0 Å². The van der Waals surface area contributed by atoms with Gasteiger partial charge in [-0.05, 0) is 31.7 Å². The lowest BCUT2D eigenvalue weighted by Gasteiger charge is -2.36. The van der Waals surface area contributed by atoms with Gasteiger partial charge in [0.05, 0.1) is 0 Å². The molecule has 180 valence electrons. The molecule has 1 heterocycles. The zero-order chi connectivity index (χ0) is 21.7. The molecule has 0 saturated carbocycles. The molecule has 0 aromatic rings. The normalized spacial score (nSPS) is 16.9. The van der Waals surface area contributed by atoms with Crippen LogP contribution in [0.3, 0.4) is 0 Å². The first kappa shape index (κ1) is 28.0. The Bertz CT molecular complexity index is 336. The molecule has 1 unspecified atom stereocenters. The van der Waals surface area contributed by atoms with Crippen molar-refractivity contribution in [3.05, 3.63) is 0 Å². The van der Waals surface area contributed by atoms with Crippen molar-refractivity contribution < 1.29 is 0 Å². The first-order valence-corrected chi connectivity index (χ1v) is 14.2. The van der Waals surface area contributed by atoms with E-state index in [9.17, 15) is 0 Å². The predicted octanol–water partition coefficient (Wildman–Crippen LogP) is 8.30. The van der Waals surface area contributed by atoms with E-state index in [-0.39, 0.29) is 0 Å². The number of piperazine rings is 1. The van der Waals surface area contributed by atoms with Crippen LogP contribution in [0.5, 0.6) is 0 Å². The van der Waals surface area contributed by atoms with Crippen LogP contribution < -0.4 is 0 Å². The maximum absolute atomic E-state index is 2.80. The topological polar surface area (TPSA) is 6.48 Å². The highest BCUT2D eigenvalue weighted by molar-refractivity contribution is 4.75. The van der Waals surface area contributed by atoms with Crippen molar-refractivity contribution >= 4 is 0 Å². The van der Waals surface area contributed by atoms with E-state index in [2.05, 4.69) is 30.6 Å². The Labute approximate surface area is 191 Å². The molecular weight excluding hydrogens is 364 g/mol. The van der Waals surface area contributed by atoms with Gasteiger partial charge in [-0.3, -0.25) is 0 Å². The summed E-state index contributed by atoms with van der Waals surface area (Å²) in [6, 6.07) is 0. The van der Waals surface area contributed by atoms with Gasteiger partial charge in [0.2, 0.25) is 0 Å². The minimum absolute atomic E-state index is 0.957. The molecule has 1 aliphatic rings. The molecule has 1 fully saturated rings. The molecule has 0 spiro atoms. The molecule has 2 nitrogen and oxygen atoms in total. The largest absolute Gasteiger partial charge is 0.301 e. The Hall–Kier alpha value is -0.0800. The third-order valence-electron chi connectivity index (χ3n) is 7.24. The van der Waals surface area contributed by atoms with Gasteiger partial charge >= 0.3 is 0 Å². The summed E-state index contributed by atoms with van der Waals surface area (Å²) in [5.41, 5.74) is 0. The van der Waals surface area contributed by atoms with E-state index in [1.807, 2.05) is 0 Å². The molecule has 0 aromatic carbocycles. The van der Waals surface area contributed by atoms with Crippen molar-refractivity contribution in [1.82, 2.24) is 9.80 Å². The average Bonchev–Trinajstić information content (AvgIpc) is 2.77. The molecule has 30 heavy (non-hydrogen) atoms. The van der Waals surface area contributed by atoms with E-state index in [0.717, 1.165) is 5.92 Å². The Balaban J connectivity index is 2.19. The number of rotatable bonds is 21. The van der Waals surface area contributed by atoms with Gasteiger partial charge in [0.1, 0.15) is 0 Å². The second kappa shape index (κ2) is 20.8. The Morgan fingerprint density at radius 1 is 0.467 bits per heavy atom. The molecule has 0 aromatic heterocycles. The number of hydrogen-bond donors (Lipinski definition) is 0. The Morgan fingerprint density at radius 2 is 0.867 bits per heavy atom. The minimum Gasteiger partial charge on any atom is -0.301 e. The Morgan fingerprint density at radius 3 is 1.40 bits per heavy atom. The molecule has 2 heteroatoms. The number of unbranched alkanes of at least 4 members (excludes halogenated alkanes) is 13. The van der Waals surface area contributed by atoms with Crippen LogP contribution in [-0.2, 0) is 0 Å². The van der Waals surface area contributed by atoms with E-state index in [0.29, 0.717) is 0 Å². The molecule has 0 aliphatic carbocycles. The first-order valence-electron chi connectivity index (χ1n) is 14.2. The lowest BCUT2D eigenvalue weighted by molar-refractivity contribution is 0.111. The van der Waals surface area contributed by atoms with Gasteiger partial charge < -0.3 is 9.80 Å². The fourth-order valence-corrected chi connectivity index (χ4v) is 5.08. The van der Waals surface area contributed by atoms with Crippen LogP contribution >= 0.6 is 0 Å². The molecule has 1 rings (SSSR count). The standard InChI is InChI=1S/C28H58N2/c1-4-7-10-13-15-18-21-28(20-17-12-9-6-3)27-30-25-23-29(24-26-30)22-19-16-14-11-8-5-2/h28H,4-27H2,1-3H3. The van der Waals surface area contributed by atoms with Crippen LogP contribution in [0.4, 0.5) is 0 Å². The molecule has 0 amide bonds. The van der Waals surface area contributed by atoms with Crippen molar-refractivity contribution in [2.75, 3.05) is 39.3 Å². The van der Waals surface area contributed by atoms with Crippen LogP contribution in [0.2, 0.25) is 0 Å². The SMILES string of the molecule is CCCCCCCCC(CCCCCC)CN1CCN(CCCCCCCC)CC1. The van der Waals surface area contributed by atoms with Gasteiger partial charge in [-0.2, -0.15) is 0 Å².